The van der Waals surface area contributed by atoms with E-state index in [1.54, 1.807) is 49.6 Å². The number of rotatable bonds is 10. The van der Waals surface area contributed by atoms with Crippen molar-refractivity contribution in [1.82, 2.24) is 19.8 Å². The topological polar surface area (TPSA) is 274 Å². The molecule has 4 aromatic rings. The number of aliphatic hydroxyl groups is 2. The largest absolute Gasteiger partial charge is 0.507 e. The van der Waals surface area contributed by atoms with Gasteiger partial charge in [0.1, 0.15) is 46.2 Å². The van der Waals surface area contributed by atoms with E-state index in [2.05, 4.69) is 10.3 Å². The fourth-order valence-corrected chi connectivity index (χ4v) is 13.0. The van der Waals surface area contributed by atoms with Crippen molar-refractivity contribution in [3.8, 4) is 17.2 Å². The molecule has 2 aromatic heterocycles. The van der Waals surface area contributed by atoms with Gasteiger partial charge in [-0.2, -0.15) is 0 Å². The van der Waals surface area contributed by atoms with Crippen molar-refractivity contribution >= 4 is 52.0 Å². The quantitative estimate of drug-likeness (QED) is 0.0930. The summed E-state index contributed by atoms with van der Waals surface area (Å²) in [7, 11) is 1.41. The summed E-state index contributed by atoms with van der Waals surface area (Å²) in [6, 6.07) is 3.53. The number of halogens is 3. The zero-order chi connectivity index (χ0) is 64.0. The van der Waals surface area contributed by atoms with Gasteiger partial charge in [-0.15, -0.1) is 0 Å². The number of esters is 1. The summed E-state index contributed by atoms with van der Waals surface area (Å²) in [5.74, 6) is -13.7. The number of carboxylic acid groups (broad SMARTS) is 1. The van der Waals surface area contributed by atoms with Crippen LogP contribution in [-0.2, 0) is 23.8 Å². The number of aromatic nitrogens is 2. The number of aliphatic hydroxyl groups excluding tert-OH is 2. The summed E-state index contributed by atoms with van der Waals surface area (Å²) >= 11 is 0. The first-order chi connectivity index (χ1) is 41.7. The zero-order valence-electron chi connectivity index (χ0n) is 50.5. The fourth-order valence-electron chi connectivity index (χ4n) is 13.0. The van der Waals surface area contributed by atoms with Crippen LogP contribution in [0.1, 0.15) is 140 Å². The highest BCUT2D eigenvalue weighted by atomic mass is 19.1. The van der Waals surface area contributed by atoms with Gasteiger partial charge in [-0.3, -0.25) is 33.3 Å². The monoisotopic (exact) mass is 1220 g/mol. The van der Waals surface area contributed by atoms with Crippen LogP contribution >= 0.6 is 0 Å². The Morgan fingerprint density at radius 1 is 0.830 bits per heavy atom. The highest BCUT2D eigenvalue weighted by Crippen LogP contribution is 2.49. The Morgan fingerprint density at radius 2 is 1.48 bits per heavy atom. The summed E-state index contributed by atoms with van der Waals surface area (Å²) in [5, 5.41) is 47.1. The number of benzene rings is 2. The lowest BCUT2D eigenvalue weighted by atomic mass is 9.78. The second-order valence-electron chi connectivity index (χ2n) is 24.1. The number of ketones is 3. The number of carbonyl (C=O) groups is 6. The van der Waals surface area contributed by atoms with Crippen molar-refractivity contribution in [1.29, 1.82) is 0 Å². The van der Waals surface area contributed by atoms with Gasteiger partial charge in [-0.05, 0) is 75.6 Å². The molecule has 5 aliphatic heterocycles. The molecule has 2 aromatic carbocycles. The van der Waals surface area contributed by atoms with Crippen LogP contribution in [0.25, 0.3) is 16.7 Å². The number of Topliss-reactive ketones (excluding diaryl/α,β-unsaturated/α-hetero) is 3. The van der Waals surface area contributed by atoms with Crippen LogP contribution in [0.15, 0.2) is 82.8 Å². The summed E-state index contributed by atoms with van der Waals surface area (Å²) < 4.78 is 69.7. The number of pyridine rings is 2. The number of piperidine rings is 2. The lowest BCUT2D eigenvalue weighted by molar-refractivity contribution is -0.160. The van der Waals surface area contributed by atoms with Gasteiger partial charge in [0.05, 0.1) is 52.3 Å². The predicted octanol–water partition coefficient (Wildman–Crippen LogP) is 8.57. The third-order valence-corrected chi connectivity index (χ3v) is 18.3. The number of carbonyl (C=O) groups excluding carboxylic acids is 5. The van der Waals surface area contributed by atoms with Gasteiger partial charge >= 0.3 is 17.7 Å². The number of nitrogens with one attached hydrogen (secondary N) is 1. The highest BCUT2D eigenvalue weighted by Gasteiger charge is 2.53. The maximum atomic E-state index is 15.9. The number of anilines is 1. The van der Waals surface area contributed by atoms with Crippen LogP contribution in [0.5, 0.6) is 11.5 Å². The molecule has 1 amide bonds. The highest BCUT2D eigenvalue weighted by molar-refractivity contribution is 6.32. The Morgan fingerprint density at radius 3 is 2.09 bits per heavy atom. The van der Waals surface area contributed by atoms with E-state index in [0.717, 1.165) is 54.5 Å². The summed E-state index contributed by atoms with van der Waals surface area (Å²) in [5.41, 5.74) is -3.96. The van der Waals surface area contributed by atoms with Gasteiger partial charge in [-0.1, -0.05) is 65.2 Å². The van der Waals surface area contributed by atoms with Crippen LogP contribution in [-0.4, -0.2) is 134 Å². The number of phenols is 1. The minimum absolute atomic E-state index is 0.0387. The van der Waals surface area contributed by atoms with Crippen molar-refractivity contribution in [2.24, 2.45) is 35.5 Å². The number of methoxy groups -OCH3 is 1. The second kappa shape index (κ2) is 25.9. The lowest BCUT2D eigenvalue weighted by Crippen LogP contribution is -2.46. The molecule has 7 heterocycles. The Balaban J connectivity index is 0.937. The van der Waals surface area contributed by atoms with E-state index in [-0.39, 0.29) is 70.2 Å². The average Bonchev–Trinajstić information content (AvgIpc) is 1.43. The molecule has 10 rings (SSSR count). The Kier molecular flexibility index (Phi) is 18.9. The molecule has 20 nitrogen and oxygen atoms in total. The third kappa shape index (κ3) is 12.4. The minimum Gasteiger partial charge on any atom is -0.507 e. The molecule has 9 atom stereocenters. The van der Waals surface area contributed by atoms with Crippen molar-refractivity contribution in [3.05, 3.63) is 133 Å². The maximum Gasteiger partial charge on any atom is 0.341 e. The van der Waals surface area contributed by atoms with Gasteiger partial charge in [0, 0.05) is 94.2 Å². The third-order valence-electron chi connectivity index (χ3n) is 18.3. The second-order valence-corrected chi connectivity index (χ2v) is 24.1. The van der Waals surface area contributed by atoms with Gasteiger partial charge < -0.3 is 54.5 Å². The van der Waals surface area contributed by atoms with Crippen LogP contribution in [0.3, 0.4) is 0 Å². The maximum absolute atomic E-state index is 15.9. The number of amides is 1. The number of allylic oxidation sites excluding steroid dienone is 4. The van der Waals surface area contributed by atoms with Crippen molar-refractivity contribution < 1.29 is 81.3 Å². The number of ether oxygens (including phenoxy) is 4. The molecule has 88 heavy (non-hydrogen) atoms. The molecular weight excluding hydrogens is 1150 g/mol. The number of carboxylic acids is 1. The van der Waals surface area contributed by atoms with E-state index in [4.69, 9.17) is 18.9 Å². The number of aromatic carboxylic acids is 1. The number of aromatic hydroxyl groups is 1. The normalized spacial score (nSPS) is 27.4. The molecule has 0 radical (unpaired) electrons. The van der Waals surface area contributed by atoms with Crippen LogP contribution in [0.4, 0.5) is 19.0 Å². The molecule has 6 aliphatic rings. The fraction of sp³-hybridized carbons (Fsp3) is 0.477. The molecule has 0 saturated carbocycles. The van der Waals surface area contributed by atoms with Crippen molar-refractivity contribution in [3.63, 3.8) is 0 Å². The Labute approximate surface area is 506 Å². The van der Waals surface area contributed by atoms with Gasteiger partial charge in [0.25, 0.3) is 11.7 Å². The first kappa shape index (κ1) is 64.3. The lowest BCUT2D eigenvalue weighted by Gasteiger charge is -2.38. The van der Waals surface area contributed by atoms with Crippen LogP contribution in [0.2, 0.25) is 0 Å². The molecule has 2 saturated heterocycles. The first-order valence-electron chi connectivity index (χ1n) is 29.7. The molecular formula is C65H74F3N5O15. The van der Waals surface area contributed by atoms with E-state index in [1.807, 2.05) is 0 Å². The van der Waals surface area contributed by atoms with E-state index in [0.29, 0.717) is 44.8 Å². The molecule has 5 N–H and O–H groups in total. The molecule has 0 spiro atoms. The smallest absolute Gasteiger partial charge is 0.341 e. The van der Waals surface area contributed by atoms with E-state index in [1.165, 1.54) is 47.0 Å². The number of hydrogen-bond acceptors (Lipinski definition) is 17. The van der Waals surface area contributed by atoms with Crippen molar-refractivity contribution in [2.75, 3.05) is 38.2 Å². The van der Waals surface area contributed by atoms with Gasteiger partial charge in [-0.25, -0.2) is 22.9 Å². The van der Waals surface area contributed by atoms with Crippen molar-refractivity contribution in [2.45, 2.75) is 131 Å². The first-order valence-corrected chi connectivity index (χ1v) is 29.7. The van der Waals surface area contributed by atoms with Crippen LogP contribution < -0.4 is 20.4 Å². The van der Waals surface area contributed by atoms with Crippen LogP contribution in [0, 0.1) is 59.9 Å². The van der Waals surface area contributed by atoms with Gasteiger partial charge in [0.15, 0.2) is 17.3 Å². The number of likely N-dealkylation sites (tertiary alicyclic amines) is 1. The minimum atomic E-state index is -2.15. The van der Waals surface area contributed by atoms with E-state index >= 15 is 18.4 Å². The molecule has 2 fully saturated rings. The number of fused-ring (bicyclic) bond motifs is 15. The zero-order valence-corrected chi connectivity index (χ0v) is 50.5. The summed E-state index contributed by atoms with van der Waals surface area (Å²) in [6.07, 6.45) is 9.01. The Bertz CT molecular complexity index is 3670. The van der Waals surface area contributed by atoms with Gasteiger partial charge in [0.2, 0.25) is 17.0 Å². The van der Waals surface area contributed by atoms with E-state index < -0.39 is 145 Å². The predicted molar refractivity (Wildman–Crippen MR) is 315 cm³/mol. The van der Waals surface area contributed by atoms with E-state index in [9.17, 15) is 48.8 Å². The number of nitrogens with zero attached hydrogens (tertiary/aromatic N) is 4. The number of hydrogen-bond donors (Lipinski definition) is 5. The molecule has 5 bridgehead atoms. The Hall–Kier alpha value is -8.15. The molecule has 23 heteroatoms. The summed E-state index contributed by atoms with van der Waals surface area (Å²) in [6.45, 7) is 13.6. The molecule has 470 valence electrons. The standard InChI is InChI=1S/C65H74F3N5O15/c1-31-12-10-13-32(2)63(82)69-50-51(57(80)47-48(56(50)79)54(77)36(6)59-49(47)60(81)65(8,88-59)86-27-22-46(85-9)33(3)58(87-37(7)74)35(5)53(76)34(4)52(31)75)71-23-18-38(19-24-71)14-11-15-39-20-25-72(26-21-39)62-44(68)29-41-55(78)42(64(83)84)30-73(61(41)70-62)45-17-16-40(66)28-43(45)67/h10,12-13,16-17,22,27-31,33-35,38-39,46,52-53,58,75-77H,11,14-15,18-21,23-26H2,1-9H3,(H,69,82)(H,83,84)/b12-10+,27-22+,32-13-/t31-,33-,34-,35-,46+,52+,53+,58+,65+/m1/s1. The molecule has 0 unspecified atom stereocenters. The molecule has 1 aliphatic carbocycles. The number of phenolic OH excluding ortho intramolecular Hbond substituents is 1. The summed E-state index contributed by atoms with van der Waals surface area (Å²) in [4.78, 5) is 105. The SMILES string of the molecule is CO[C@H]1/C=C/O[C@@]2(C)Oc3c(C)c(O)c4c(c3C2=O)C(=O)C(N2CCC(CCCC3CCN(c5nc6c(cc5F)c(=O)c(C(=O)O)cn6-c5ccc(F)cc5F)CC3)CC2)=C(NC(=O)/C(C)=C\C=C\[C@@H](C)[C@H](O)[C@@H](C)[C@H](O)[C@@H](C)[C@@H](OC(C)=O)[C@@H]1C)C4=O. The average molecular weight is 1220 g/mol.